The van der Waals surface area contributed by atoms with Crippen LogP contribution < -0.4 is 18.9 Å². The number of methoxy groups -OCH3 is 4. The van der Waals surface area contributed by atoms with Crippen molar-refractivity contribution in [3.05, 3.63) is 48.5 Å². The number of ether oxygens (including phenoxy) is 4. The van der Waals surface area contributed by atoms with Gasteiger partial charge in [-0.1, -0.05) is 6.07 Å². The summed E-state index contributed by atoms with van der Waals surface area (Å²) >= 11 is 0. The second kappa shape index (κ2) is 6.71. The number of hydrogen-bond acceptors (Lipinski definition) is 4. The molecule has 0 N–H and O–H groups in total. The van der Waals surface area contributed by atoms with E-state index in [2.05, 4.69) is 6.07 Å². The van der Waals surface area contributed by atoms with Crippen LogP contribution in [0.3, 0.4) is 0 Å². The summed E-state index contributed by atoms with van der Waals surface area (Å²) in [7, 11) is 6.63. The van der Waals surface area contributed by atoms with Crippen molar-refractivity contribution >= 4 is 10.8 Å². The normalized spacial score (nSPS) is 10.5. The molecular formula is C20H20O4. The molecular weight excluding hydrogens is 304 g/mol. The SMILES string of the molecule is COc1ccc(OC)c(-c2cc3ccc(OC)cc3cc2OC)c1. The standard InChI is InChI=1S/C20H20O4/c1-21-15-6-5-13-10-17(20(24-4)11-14(13)9-15)18-12-16(22-2)7-8-19(18)23-3/h5-12H,1-4H3. The van der Waals surface area contributed by atoms with Crippen LogP contribution in [0.1, 0.15) is 0 Å². The van der Waals surface area contributed by atoms with E-state index in [1.807, 2.05) is 42.5 Å². The largest absolute Gasteiger partial charge is 0.497 e. The second-order valence-electron chi connectivity index (χ2n) is 5.33. The van der Waals surface area contributed by atoms with Gasteiger partial charge in [-0.15, -0.1) is 0 Å². The van der Waals surface area contributed by atoms with E-state index >= 15 is 0 Å². The molecule has 0 saturated carbocycles. The molecule has 0 atom stereocenters. The van der Waals surface area contributed by atoms with E-state index in [4.69, 9.17) is 18.9 Å². The summed E-state index contributed by atoms with van der Waals surface area (Å²) in [5.41, 5.74) is 1.87. The molecule has 0 aliphatic rings. The molecule has 0 heterocycles. The maximum absolute atomic E-state index is 5.62. The Labute approximate surface area is 141 Å². The average molecular weight is 324 g/mol. The Morgan fingerprint density at radius 3 is 1.79 bits per heavy atom. The van der Waals surface area contributed by atoms with E-state index in [1.54, 1.807) is 28.4 Å². The van der Waals surface area contributed by atoms with Crippen LogP contribution in [0, 0.1) is 0 Å². The molecule has 3 aromatic rings. The zero-order valence-corrected chi connectivity index (χ0v) is 14.3. The highest BCUT2D eigenvalue weighted by Crippen LogP contribution is 2.41. The highest BCUT2D eigenvalue weighted by molar-refractivity contribution is 5.92. The first-order chi connectivity index (χ1) is 11.7. The van der Waals surface area contributed by atoms with Gasteiger partial charge in [0.05, 0.1) is 28.4 Å². The van der Waals surface area contributed by atoms with Crippen molar-refractivity contribution < 1.29 is 18.9 Å². The maximum atomic E-state index is 5.62. The minimum Gasteiger partial charge on any atom is -0.497 e. The van der Waals surface area contributed by atoms with Gasteiger partial charge in [-0.25, -0.2) is 0 Å². The third-order valence-electron chi connectivity index (χ3n) is 4.06. The van der Waals surface area contributed by atoms with Crippen molar-refractivity contribution in [2.24, 2.45) is 0 Å². The summed E-state index contributed by atoms with van der Waals surface area (Å²) in [5, 5.41) is 2.15. The van der Waals surface area contributed by atoms with Crippen LogP contribution in [-0.2, 0) is 0 Å². The van der Waals surface area contributed by atoms with E-state index in [0.29, 0.717) is 0 Å². The maximum Gasteiger partial charge on any atom is 0.127 e. The fourth-order valence-electron chi connectivity index (χ4n) is 2.79. The lowest BCUT2D eigenvalue weighted by Gasteiger charge is -2.15. The third-order valence-corrected chi connectivity index (χ3v) is 4.06. The Hall–Kier alpha value is -2.88. The van der Waals surface area contributed by atoms with E-state index in [9.17, 15) is 0 Å². The third kappa shape index (κ3) is 2.83. The Balaban J connectivity index is 2.25. The molecule has 0 aliphatic carbocycles. The zero-order valence-electron chi connectivity index (χ0n) is 14.3. The van der Waals surface area contributed by atoms with Crippen LogP contribution in [-0.4, -0.2) is 28.4 Å². The molecule has 3 aromatic carbocycles. The fourth-order valence-corrected chi connectivity index (χ4v) is 2.79. The summed E-state index contributed by atoms with van der Waals surface area (Å²) in [4.78, 5) is 0. The van der Waals surface area contributed by atoms with Crippen LogP contribution >= 0.6 is 0 Å². The van der Waals surface area contributed by atoms with E-state index in [1.165, 1.54) is 0 Å². The highest BCUT2D eigenvalue weighted by atomic mass is 16.5. The molecule has 0 saturated heterocycles. The second-order valence-corrected chi connectivity index (χ2v) is 5.33. The Bertz CT molecular complexity index is 871. The molecule has 0 bridgehead atoms. The molecule has 0 amide bonds. The summed E-state index contributed by atoms with van der Waals surface area (Å²) in [6, 6.07) is 15.8. The Morgan fingerprint density at radius 1 is 0.500 bits per heavy atom. The summed E-state index contributed by atoms with van der Waals surface area (Å²) < 4.78 is 21.8. The van der Waals surface area contributed by atoms with Crippen LogP contribution in [0.15, 0.2) is 48.5 Å². The molecule has 124 valence electrons. The highest BCUT2D eigenvalue weighted by Gasteiger charge is 2.14. The quantitative estimate of drug-likeness (QED) is 0.690. The molecule has 0 fully saturated rings. The summed E-state index contributed by atoms with van der Waals surface area (Å²) in [6.07, 6.45) is 0. The van der Waals surface area contributed by atoms with Crippen LogP contribution in [0.2, 0.25) is 0 Å². The summed E-state index contributed by atoms with van der Waals surface area (Å²) in [6.45, 7) is 0. The lowest BCUT2D eigenvalue weighted by Crippen LogP contribution is -1.94. The van der Waals surface area contributed by atoms with Crippen molar-refractivity contribution in [1.82, 2.24) is 0 Å². The van der Waals surface area contributed by atoms with E-state index in [0.717, 1.165) is 44.9 Å². The van der Waals surface area contributed by atoms with Crippen molar-refractivity contribution in [3.8, 4) is 34.1 Å². The Morgan fingerprint density at radius 2 is 1.12 bits per heavy atom. The van der Waals surface area contributed by atoms with Gasteiger partial charge >= 0.3 is 0 Å². The molecule has 4 nitrogen and oxygen atoms in total. The predicted octanol–water partition coefficient (Wildman–Crippen LogP) is 4.54. The molecule has 4 heteroatoms. The lowest BCUT2D eigenvalue weighted by atomic mass is 9.98. The monoisotopic (exact) mass is 324 g/mol. The Kier molecular flexibility index (Phi) is 4.47. The van der Waals surface area contributed by atoms with Gasteiger partial charge in [-0.2, -0.15) is 0 Å². The number of fused-ring (bicyclic) bond motifs is 1. The molecule has 24 heavy (non-hydrogen) atoms. The minimum absolute atomic E-state index is 0.766. The van der Waals surface area contributed by atoms with Gasteiger partial charge in [0, 0.05) is 11.1 Å². The number of hydrogen-bond donors (Lipinski definition) is 0. The van der Waals surface area contributed by atoms with Crippen LogP contribution in [0.4, 0.5) is 0 Å². The van der Waals surface area contributed by atoms with Crippen molar-refractivity contribution in [1.29, 1.82) is 0 Å². The minimum atomic E-state index is 0.766. The first-order valence-corrected chi connectivity index (χ1v) is 7.58. The smallest absolute Gasteiger partial charge is 0.127 e. The molecule has 0 aromatic heterocycles. The number of benzene rings is 3. The van der Waals surface area contributed by atoms with Crippen molar-refractivity contribution in [2.45, 2.75) is 0 Å². The molecule has 0 unspecified atom stereocenters. The van der Waals surface area contributed by atoms with E-state index < -0.39 is 0 Å². The first-order valence-electron chi connectivity index (χ1n) is 7.58. The molecule has 3 rings (SSSR count). The predicted molar refractivity (Wildman–Crippen MR) is 95.6 cm³/mol. The van der Waals surface area contributed by atoms with Crippen molar-refractivity contribution in [3.63, 3.8) is 0 Å². The zero-order chi connectivity index (χ0) is 17.1. The fraction of sp³-hybridized carbons (Fsp3) is 0.200. The van der Waals surface area contributed by atoms with Gasteiger partial charge in [-0.3, -0.25) is 0 Å². The first kappa shape index (κ1) is 16.0. The van der Waals surface area contributed by atoms with Gasteiger partial charge in [0.15, 0.2) is 0 Å². The van der Waals surface area contributed by atoms with E-state index in [-0.39, 0.29) is 0 Å². The van der Waals surface area contributed by atoms with Crippen LogP contribution in [0.5, 0.6) is 23.0 Å². The van der Waals surface area contributed by atoms with Gasteiger partial charge in [0.2, 0.25) is 0 Å². The molecule has 0 radical (unpaired) electrons. The lowest BCUT2D eigenvalue weighted by molar-refractivity contribution is 0.402. The van der Waals surface area contributed by atoms with Crippen LogP contribution in [0.25, 0.3) is 21.9 Å². The topological polar surface area (TPSA) is 36.9 Å². The van der Waals surface area contributed by atoms with Gasteiger partial charge in [0.25, 0.3) is 0 Å². The van der Waals surface area contributed by atoms with Gasteiger partial charge in [-0.05, 0) is 53.2 Å². The van der Waals surface area contributed by atoms with Crippen molar-refractivity contribution in [2.75, 3.05) is 28.4 Å². The number of rotatable bonds is 5. The molecule has 0 aliphatic heterocycles. The van der Waals surface area contributed by atoms with Gasteiger partial charge in [0.1, 0.15) is 23.0 Å². The van der Waals surface area contributed by atoms with Gasteiger partial charge < -0.3 is 18.9 Å². The average Bonchev–Trinajstić information content (AvgIpc) is 2.65. The summed E-state index contributed by atoms with van der Waals surface area (Å²) in [5.74, 6) is 3.11. The molecule has 0 spiro atoms.